The minimum Gasteiger partial charge on any atom is -0.466 e. The molecular formula is C14H27NO2. The molecule has 0 N–H and O–H groups in total. The Hall–Kier alpha value is -0.570. The van der Waals surface area contributed by atoms with Gasteiger partial charge in [0, 0.05) is 13.0 Å². The first-order chi connectivity index (χ1) is 8.13. The first-order valence-corrected chi connectivity index (χ1v) is 6.97. The van der Waals surface area contributed by atoms with Crippen LogP contribution in [0.5, 0.6) is 0 Å². The number of unbranched alkanes of at least 4 members (excludes halogenated alkanes) is 2. The number of ether oxygens (including phenoxy) is 1. The summed E-state index contributed by atoms with van der Waals surface area (Å²) in [6, 6.07) is 0. The Kier molecular flexibility index (Phi) is 6.56. The SMILES string of the molecule is CCOC(=O)CCCCCN(C)CC1CC1C. The summed E-state index contributed by atoms with van der Waals surface area (Å²) in [7, 11) is 2.20. The summed E-state index contributed by atoms with van der Waals surface area (Å²) >= 11 is 0. The van der Waals surface area contributed by atoms with Crippen LogP contribution in [0, 0.1) is 11.8 Å². The molecule has 0 bridgehead atoms. The van der Waals surface area contributed by atoms with Gasteiger partial charge in [-0.15, -0.1) is 0 Å². The summed E-state index contributed by atoms with van der Waals surface area (Å²) in [5, 5.41) is 0. The fourth-order valence-electron chi connectivity index (χ4n) is 2.21. The van der Waals surface area contributed by atoms with Gasteiger partial charge < -0.3 is 9.64 Å². The van der Waals surface area contributed by atoms with Crippen LogP contribution >= 0.6 is 0 Å². The molecule has 1 aliphatic carbocycles. The molecule has 0 heterocycles. The highest BCUT2D eigenvalue weighted by atomic mass is 16.5. The highest BCUT2D eigenvalue weighted by Gasteiger charge is 2.32. The van der Waals surface area contributed by atoms with E-state index in [4.69, 9.17) is 4.74 Å². The van der Waals surface area contributed by atoms with Crippen LogP contribution < -0.4 is 0 Å². The molecule has 3 nitrogen and oxygen atoms in total. The van der Waals surface area contributed by atoms with E-state index in [9.17, 15) is 4.79 Å². The second kappa shape index (κ2) is 7.70. The molecule has 3 heteroatoms. The normalized spacial score (nSPS) is 22.8. The van der Waals surface area contributed by atoms with Crippen LogP contribution in [-0.2, 0) is 9.53 Å². The summed E-state index contributed by atoms with van der Waals surface area (Å²) < 4.78 is 4.89. The highest BCUT2D eigenvalue weighted by Crippen LogP contribution is 2.37. The molecule has 2 atom stereocenters. The van der Waals surface area contributed by atoms with Crippen molar-refractivity contribution in [3.05, 3.63) is 0 Å². The summed E-state index contributed by atoms with van der Waals surface area (Å²) in [4.78, 5) is 13.5. The molecule has 2 unspecified atom stereocenters. The quantitative estimate of drug-likeness (QED) is 0.459. The van der Waals surface area contributed by atoms with Crippen LogP contribution in [0.15, 0.2) is 0 Å². The zero-order valence-electron chi connectivity index (χ0n) is 11.6. The van der Waals surface area contributed by atoms with Crippen LogP contribution in [0.4, 0.5) is 0 Å². The van der Waals surface area contributed by atoms with Crippen molar-refractivity contribution in [1.82, 2.24) is 4.90 Å². The lowest BCUT2D eigenvalue weighted by atomic mass is 10.2. The maximum absolute atomic E-state index is 11.1. The van der Waals surface area contributed by atoms with Gasteiger partial charge in [0.15, 0.2) is 0 Å². The Morgan fingerprint density at radius 2 is 2.06 bits per heavy atom. The minimum atomic E-state index is -0.0485. The molecule has 0 saturated heterocycles. The van der Waals surface area contributed by atoms with Crippen LogP contribution in [0.3, 0.4) is 0 Å². The van der Waals surface area contributed by atoms with Crippen molar-refractivity contribution in [3.63, 3.8) is 0 Å². The second-order valence-electron chi connectivity index (χ2n) is 5.35. The largest absolute Gasteiger partial charge is 0.466 e. The third kappa shape index (κ3) is 6.67. The van der Waals surface area contributed by atoms with Gasteiger partial charge >= 0.3 is 5.97 Å². The first kappa shape index (κ1) is 14.5. The fraction of sp³-hybridized carbons (Fsp3) is 0.929. The lowest BCUT2D eigenvalue weighted by Gasteiger charge is -2.15. The van der Waals surface area contributed by atoms with Crippen LogP contribution in [0.2, 0.25) is 0 Å². The molecule has 1 rings (SSSR count). The number of esters is 1. The fourth-order valence-corrected chi connectivity index (χ4v) is 2.21. The predicted molar refractivity (Wildman–Crippen MR) is 69.9 cm³/mol. The van der Waals surface area contributed by atoms with E-state index >= 15 is 0 Å². The molecule has 0 aliphatic heterocycles. The van der Waals surface area contributed by atoms with Gasteiger partial charge in [-0.05, 0) is 51.6 Å². The molecule has 0 radical (unpaired) electrons. The summed E-state index contributed by atoms with van der Waals surface area (Å²) in [6.45, 7) is 7.09. The molecule has 1 aliphatic rings. The van der Waals surface area contributed by atoms with Crippen LogP contribution in [0.1, 0.15) is 46.0 Å². The molecule has 1 fully saturated rings. The van der Waals surface area contributed by atoms with E-state index in [1.807, 2.05) is 6.92 Å². The van der Waals surface area contributed by atoms with Gasteiger partial charge in [-0.1, -0.05) is 13.3 Å². The van der Waals surface area contributed by atoms with E-state index in [0.29, 0.717) is 13.0 Å². The lowest BCUT2D eigenvalue weighted by Crippen LogP contribution is -2.22. The average Bonchev–Trinajstić information content (AvgIpc) is 2.94. The van der Waals surface area contributed by atoms with Gasteiger partial charge in [-0.3, -0.25) is 4.79 Å². The number of carbonyl (C=O) groups excluding carboxylic acids is 1. The van der Waals surface area contributed by atoms with E-state index in [1.165, 1.54) is 19.4 Å². The van der Waals surface area contributed by atoms with Gasteiger partial charge in [0.05, 0.1) is 6.61 Å². The second-order valence-corrected chi connectivity index (χ2v) is 5.35. The monoisotopic (exact) mass is 241 g/mol. The van der Waals surface area contributed by atoms with E-state index in [2.05, 4.69) is 18.9 Å². The third-order valence-electron chi connectivity index (χ3n) is 3.55. The van der Waals surface area contributed by atoms with Crippen molar-refractivity contribution < 1.29 is 9.53 Å². The molecule has 17 heavy (non-hydrogen) atoms. The first-order valence-electron chi connectivity index (χ1n) is 6.97. The Morgan fingerprint density at radius 1 is 1.35 bits per heavy atom. The van der Waals surface area contributed by atoms with Gasteiger partial charge in [0.2, 0.25) is 0 Å². The third-order valence-corrected chi connectivity index (χ3v) is 3.55. The predicted octanol–water partition coefficient (Wildman–Crippen LogP) is 2.70. The van der Waals surface area contributed by atoms with Gasteiger partial charge in [-0.25, -0.2) is 0 Å². The molecule has 0 aromatic rings. The Morgan fingerprint density at radius 3 is 2.65 bits per heavy atom. The van der Waals surface area contributed by atoms with Crippen molar-refractivity contribution in [2.24, 2.45) is 11.8 Å². The maximum atomic E-state index is 11.1. The van der Waals surface area contributed by atoms with E-state index in [-0.39, 0.29) is 5.97 Å². The summed E-state index contributed by atoms with van der Waals surface area (Å²) in [5.41, 5.74) is 0. The maximum Gasteiger partial charge on any atom is 0.305 e. The van der Waals surface area contributed by atoms with E-state index < -0.39 is 0 Å². The van der Waals surface area contributed by atoms with Gasteiger partial charge in [0.25, 0.3) is 0 Å². The Balaban J connectivity index is 1.88. The number of hydrogen-bond acceptors (Lipinski definition) is 3. The minimum absolute atomic E-state index is 0.0485. The van der Waals surface area contributed by atoms with Gasteiger partial charge in [-0.2, -0.15) is 0 Å². The average molecular weight is 241 g/mol. The Labute approximate surface area is 106 Å². The van der Waals surface area contributed by atoms with Crippen molar-refractivity contribution in [2.75, 3.05) is 26.7 Å². The number of carbonyl (C=O) groups is 1. The zero-order valence-corrected chi connectivity index (χ0v) is 11.6. The molecule has 0 aromatic heterocycles. The lowest BCUT2D eigenvalue weighted by molar-refractivity contribution is -0.143. The highest BCUT2D eigenvalue weighted by molar-refractivity contribution is 5.69. The van der Waals surface area contributed by atoms with E-state index in [1.54, 1.807) is 0 Å². The molecule has 0 aromatic carbocycles. The van der Waals surface area contributed by atoms with Crippen molar-refractivity contribution in [3.8, 4) is 0 Å². The topological polar surface area (TPSA) is 29.5 Å². The van der Waals surface area contributed by atoms with E-state index in [0.717, 1.165) is 31.2 Å². The number of nitrogens with zero attached hydrogens (tertiary/aromatic N) is 1. The summed E-state index contributed by atoms with van der Waals surface area (Å²) in [5.74, 6) is 1.84. The molecular weight excluding hydrogens is 214 g/mol. The van der Waals surface area contributed by atoms with Crippen LogP contribution in [0.25, 0.3) is 0 Å². The Bertz CT molecular complexity index is 230. The van der Waals surface area contributed by atoms with Crippen molar-refractivity contribution in [1.29, 1.82) is 0 Å². The van der Waals surface area contributed by atoms with Crippen molar-refractivity contribution >= 4 is 5.97 Å². The molecule has 1 saturated carbocycles. The van der Waals surface area contributed by atoms with Crippen LogP contribution in [-0.4, -0.2) is 37.6 Å². The zero-order chi connectivity index (χ0) is 12.7. The smallest absolute Gasteiger partial charge is 0.305 e. The number of hydrogen-bond donors (Lipinski definition) is 0. The molecule has 0 spiro atoms. The number of rotatable bonds is 9. The molecule has 0 amide bonds. The molecule has 100 valence electrons. The summed E-state index contributed by atoms with van der Waals surface area (Å²) in [6.07, 6.45) is 5.28. The van der Waals surface area contributed by atoms with Gasteiger partial charge in [0.1, 0.15) is 0 Å². The van der Waals surface area contributed by atoms with Crippen molar-refractivity contribution in [2.45, 2.75) is 46.0 Å². The standard InChI is InChI=1S/C14H27NO2/c1-4-17-14(16)8-6-5-7-9-15(3)11-13-10-12(13)2/h12-13H,4-11H2,1-3H3.